The fourth-order valence-corrected chi connectivity index (χ4v) is 2.43. The maximum atomic E-state index is 13.5. The summed E-state index contributed by atoms with van der Waals surface area (Å²) in [4.78, 5) is 9.28. The molecule has 0 aliphatic rings. The van der Waals surface area contributed by atoms with Crippen molar-refractivity contribution in [2.24, 2.45) is 0 Å². The number of benzene rings is 1. The number of thioether (sulfide) groups is 1. The SMILES string of the molecule is CC(C)(C)NCc1cnc(CSc2ccccc2F)nc1. The first-order valence-electron chi connectivity index (χ1n) is 6.86. The Hall–Kier alpha value is -1.46. The molecule has 0 fully saturated rings. The highest BCUT2D eigenvalue weighted by Crippen LogP contribution is 2.23. The molecule has 0 unspecified atom stereocenters. The summed E-state index contributed by atoms with van der Waals surface area (Å²) in [5.74, 6) is 1.07. The number of nitrogens with zero attached hydrogens (tertiary/aromatic N) is 2. The number of hydrogen-bond acceptors (Lipinski definition) is 4. The lowest BCUT2D eigenvalue weighted by molar-refractivity contribution is 0.423. The van der Waals surface area contributed by atoms with Crippen molar-refractivity contribution in [3.05, 3.63) is 53.9 Å². The Morgan fingerprint density at radius 1 is 1.14 bits per heavy atom. The zero-order valence-electron chi connectivity index (χ0n) is 12.6. The van der Waals surface area contributed by atoms with E-state index in [4.69, 9.17) is 0 Å². The second kappa shape index (κ2) is 7.00. The van der Waals surface area contributed by atoms with E-state index < -0.39 is 0 Å². The van der Waals surface area contributed by atoms with Crippen molar-refractivity contribution in [2.45, 2.75) is 43.5 Å². The fourth-order valence-electron chi connectivity index (χ4n) is 1.62. The minimum absolute atomic E-state index is 0.0688. The van der Waals surface area contributed by atoms with Gasteiger partial charge in [-0.1, -0.05) is 12.1 Å². The number of hydrogen-bond donors (Lipinski definition) is 1. The van der Waals surface area contributed by atoms with Crippen molar-refractivity contribution in [3.8, 4) is 0 Å². The zero-order chi connectivity index (χ0) is 15.3. The third-order valence-electron chi connectivity index (χ3n) is 2.78. The van der Waals surface area contributed by atoms with Crippen LogP contribution in [-0.4, -0.2) is 15.5 Å². The van der Waals surface area contributed by atoms with Gasteiger partial charge in [0.15, 0.2) is 0 Å². The van der Waals surface area contributed by atoms with Gasteiger partial charge in [0.05, 0.1) is 5.75 Å². The Kier molecular flexibility index (Phi) is 5.31. The van der Waals surface area contributed by atoms with Crippen molar-refractivity contribution in [2.75, 3.05) is 0 Å². The van der Waals surface area contributed by atoms with Crippen LogP contribution in [0.1, 0.15) is 32.2 Å². The highest BCUT2D eigenvalue weighted by molar-refractivity contribution is 7.98. The minimum Gasteiger partial charge on any atom is -0.308 e. The summed E-state index contributed by atoms with van der Waals surface area (Å²) in [7, 11) is 0. The molecular formula is C16H20FN3S. The summed E-state index contributed by atoms with van der Waals surface area (Å²) in [5.41, 5.74) is 1.11. The van der Waals surface area contributed by atoms with Gasteiger partial charge in [-0.2, -0.15) is 0 Å². The van der Waals surface area contributed by atoms with Crippen LogP contribution >= 0.6 is 11.8 Å². The Morgan fingerprint density at radius 3 is 2.43 bits per heavy atom. The van der Waals surface area contributed by atoms with Crippen LogP contribution in [0.2, 0.25) is 0 Å². The molecule has 21 heavy (non-hydrogen) atoms. The summed E-state index contributed by atoms with van der Waals surface area (Å²) in [6.07, 6.45) is 3.64. The largest absolute Gasteiger partial charge is 0.308 e. The predicted octanol–water partition coefficient (Wildman–Crippen LogP) is 3.80. The van der Waals surface area contributed by atoms with Crippen LogP contribution in [0.15, 0.2) is 41.6 Å². The summed E-state index contributed by atoms with van der Waals surface area (Å²) < 4.78 is 13.5. The first-order valence-corrected chi connectivity index (χ1v) is 7.85. The van der Waals surface area contributed by atoms with Gasteiger partial charge in [0.25, 0.3) is 0 Å². The van der Waals surface area contributed by atoms with E-state index in [-0.39, 0.29) is 11.4 Å². The third-order valence-corrected chi connectivity index (χ3v) is 3.82. The molecule has 0 bridgehead atoms. The summed E-state index contributed by atoms with van der Waals surface area (Å²) in [5, 5.41) is 3.39. The molecule has 1 N–H and O–H groups in total. The van der Waals surface area contributed by atoms with E-state index in [0.29, 0.717) is 16.5 Å². The van der Waals surface area contributed by atoms with Crippen LogP contribution in [0.5, 0.6) is 0 Å². The molecular weight excluding hydrogens is 285 g/mol. The average Bonchev–Trinajstić information content (AvgIpc) is 2.45. The van der Waals surface area contributed by atoms with Crippen molar-refractivity contribution < 1.29 is 4.39 Å². The number of nitrogens with one attached hydrogen (secondary N) is 1. The van der Waals surface area contributed by atoms with Crippen LogP contribution in [0.4, 0.5) is 4.39 Å². The Bertz CT molecular complexity index is 579. The topological polar surface area (TPSA) is 37.8 Å². The standard InChI is InChI=1S/C16H20FN3S/c1-16(2,3)20-10-12-8-18-15(19-9-12)11-21-14-7-5-4-6-13(14)17/h4-9,20H,10-11H2,1-3H3. The van der Waals surface area contributed by atoms with Crippen LogP contribution in [0, 0.1) is 5.82 Å². The maximum Gasteiger partial charge on any atom is 0.138 e. The van der Waals surface area contributed by atoms with E-state index in [0.717, 1.165) is 12.1 Å². The second-order valence-corrected chi connectivity index (χ2v) is 6.85. The van der Waals surface area contributed by atoms with Crippen LogP contribution in [0.25, 0.3) is 0 Å². The quantitative estimate of drug-likeness (QED) is 0.853. The molecule has 0 spiro atoms. The van der Waals surface area contributed by atoms with Gasteiger partial charge in [-0.15, -0.1) is 11.8 Å². The van der Waals surface area contributed by atoms with Gasteiger partial charge in [-0.05, 0) is 32.9 Å². The fraction of sp³-hybridized carbons (Fsp3) is 0.375. The molecule has 0 aliphatic carbocycles. The summed E-state index contributed by atoms with van der Waals surface area (Å²) >= 11 is 1.41. The van der Waals surface area contributed by atoms with Crippen LogP contribution < -0.4 is 5.32 Å². The summed E-state index contributed by atoms with van der Waals surface area (Å²) in [6, 6.07) is 6.74. The number of halogens is 1. The molecule has 1 aromatic heterocycles. The minimum atomic E-state index is -0.200. The molecule has 1 heterocycles. The Labute approximate surface area is 129 Å². The van der Waals surface area contributed by atoms with Gasteiger partial charge in [-0.25, -0.2) is 14.4 Å². The van der Waals surface area contributed by atoms with Crippen molar-refractivity contribution in [1.29, 1.82) is 0 Å². The van der Waals surface area contributed by atoms with Gasteiger partial charge in [0.1, 0.15) is 11.6 Å². The zero-order valence-corrected chi connectivity index (χ0v) is 13.4. The molecule has 5 heteroatoms. The lowest BCUT2D eigenvalue weighted by atomic mass is 10.1. The second-order valence-electron chi connectivity index (χ2n) is 5.83. The van der Waals surface area contributed by atoms with Gasteiger partial charge in [-0.3, -0.25) is 0 Å². The normalized spacial score (nSPS) is 11.6. The van der Waals surface area contributed by atoms with Gasteiger partial charge in [0, 0.05) is 34.9 Å². The van der Waals surface area contributed by atoms with E-state index in [1.807, 2.05) is 18.5 Å². The summed E-state index contributed by atoms with van der Waals surface area (Å²) in [6.45, 7) is 7.10. The molecule has 1 aromatic carbocycles. The first-order chi connectivity index (χ1) is 9.94. The number of aromatic nitrogens is 2. The highest BCUT2D eigenvalue weighted by atomic mass is 32.2. The van der Waals surface area contributed by atoms with E-state index in [1.165, 1.54) is 17.8 Å². The maximum absolute atomic E-state index is 13.5. The Morgan fingerprint density at radius 2 is 1.81 bits per heavy atom. The molecule has 0 atom stereocenters. The van der Waals surface area contributed by atoms with E-state index in [1.54, 1.807) is 12.1 Å². The van der Waals surface area contributed by atoms with Gasteiger partial charge >= 0.3 is 0 Å². The monoisotopic (exact) mass is 305 g/mol. The lowest BCUT2D eigenvalue weighted by Crippen LogP contribution is -2.35. The van der Waals surface area contributed by atoms with Crippen molar-refractivity contribution in [3.63, 3.8) is 0 Å². The molecule has 0 radical (unpaired) electrons. The molecule has 0 aliphatic heterocycles. The van der Waals surface area contributed by atoms with E-state index >= 15 is 0 Å². The molecule has 0 amide bonds. The Balaban J connectivity index is 1.89. The molecule has 0 saturated heterocycles. The molecule has 3 nitrogen and oxygen atoms in total. The van der Waals surface area contributed by atoms with Gasteiger partial charge < -0.3 is 5.32 Å². The first kappa shape index (κ1) is 15.9. The van der Waals surface area contributed by atoms with Crippen LogP contribution in [0.3, 0.4) is 0 Å². The molecule has 0 saturated carbocycles. The smallest absolute Gasteiger partial charge is 0.138 e. The third kappa shape index (κ3) is 5.44. The predicted molar refractivity (Wildman–Crippen MR) is 84.6 cm³/mol. The highest BCUT2D eigenvalue weighted by Gasteiger charge is 2.09. The molecule has 2 aromatic rings. The molecule has 112 valence electrons. The van der Waals surface area contributed by atoms with Crippen molar-refractivity contribution in [1.82, 2.24) is 15.3 Å². The van der Waals surface area contributed by atoms with E-state index in [2.05, 4.69) is 36.1 Å². The van der Waals surface area contributed by atoms with Gasteiger partial charge in [0.2, 0.25) is 0 Å². The lowest BCUT2D eigenvalue weighted by Gasteiger charge is -2.20. The molecule has 2 rings (SSSR count). The average molecular weight is 305 g/mol. The number of rotatable bonds is 5. The van der Waals surface area contributed by atoms with Crippen molar-refractivity contribution >= 4 is 11.8 Å². The van der Waals surface area contributed by atoms with E-state index in [9.17, 15) is 4.39 Å². The van der Waals surface area contributed by atoms with Crippen LogP contribution in [-0.2, 0) is 12.3 Å².